The van der Waals surface area contributed by atoms with Crippen molar-refractivity contribution in [3.8, 4) is 0 Å². The van der Waals surface area contributed by atoms with Crippen molar-refractivity contribution in [2.45, 2.75) is 50.9 Å². The van der Waals surface area contributed by atoms with Gasteiger partial charge in [0.15, 0.2) is 0 Å². The number of nitrogens with two attached hydrogens (primary N) is 1. The summed E-state index contributed by atoms with van der Waals surface area (Å²) in [6, 6.07) is 23.5. The number of benzene rings is 3. The van der Waals surface area contributed by atoms with Crippen molar-refractivity contribution in [1.29, 1.82) is 0 Å². The van der Waals surface area contributed by atoms with Crippen molar-refractivity contribution in [1.82, 2.24) is 10.6 Å². The highest BCUT2D eigenvalue weighted by atomic mass is 32.2. The maximum absolute atomic E-state index is 12.7. The third kappa shape index (κ3) is 11.1. The smallest absolute Gasteiger partial charge is 0.408 e. The van der Waals surface area contributed by atoms with Crippen LogP contribution in [0.3, 0.4) is 0 Å². The summed E-state index contributed by atoms with van der Waals surface area (Å²) >= 11 is 0. The van der Waals surface area contributed by atoms with E-state index >= 15 is 0 Å². The van der Waals surface area contributed by atoms with Crippen LogP contribution in [0.25, 0.3) is 0 Å². The van der Waals surface area contributed by atoms with Crippen LogP contribution >= 0.6 is 0 Å². The van der Waals surface area contributed by atoms with E-state index in [1.54, 1.807) is 36.4 Å². The molecule has 3 aromatic carbocycles. The molecule has 3 rings (SSSR count). The Labute approximate surface area is 224 Å². The van der Waals surface area contributed by atoms with Gasteiger partial charge >= 0.3 is 6.09 Å². The first-order valence-corrected chi connectivity index (χ1v) is 13.5. The molecule has 0 aliphatic rings. The zero-order valence-corrected chi connectivity index (χ0v) is 22.5. The predicted molar refractivity (Wildman–Crippen MR) is 146 cm³/mol. The largest absolute Gasteiger partial charge is 0.445 e. The van der Waals surface area contributed by atoms with Gasteiger partial charge in [-0.15, -0.1) is 0 Å². The fraction of sp³-hybridized carbons (Fsp3) is 0.286. The Morgan fingerprint density at radius 2 is 1.45 bits per heavy atom. The number of amides is 2. The van der Waals surface area contributed by atoms with Gasteiger partial charge in [-0.2, -0.15) is 8.42 Å². The molecule has 9 nitrogen and oxygen atoms in total. The zero-order valence-electron chi connectivity index (χ0n) is 21.7. The lowest BCUT2D eigenvalue weighted by molar-refractivity contribution is -0.124. The third-order valence-electron chi connectivity index (χ3n) is 5.24. The van der Waals surface area contributed by atoms with Crippen LogP contribution in [0.2, 0.25) is 0 Å². The number of carbonyl (C=O) groups excluding carboxylic acids is 2. The molecule has 2 unspecified atom stereocenters. The molecule has 0 aliphatic heterocycles. The van der Waals surface area contributed by atoms with Gasteiger partial charge in [-0.1, -0.05) is 92.2 Å². The Bertz CT molecular complexity index is 1250. The van der Waals surface area contributed by atoms with Crippen molar-refractivity contribution in [2.24, 2.45) is 11.7 Å². The molecule has 3 aromatic rings. The predicted octanol–water partition coefficient (Wildman–Crippen LogP) is 4.34. The minimum Gasteiger partial charge on any atom is -0.445 e. The lowest BCUT2D eigenvalue weighted by Gasteiger charge is -2.22. The molecule has 0 radical (unpaired) electrons. The van der Waals surface area contributed by atoms with Crippen LogP contribution in [0, 0.1) is 12.8 Å². The van der Waals surface area contributed by atoms with E-state index in [2.05, 4.69) is 10.6 Å². The Balaban J connectivity index is 0.000000384. The molecule has 0 aliphatic carbocycles. The average Bonchev–Trinajstić information content (AvgIpc) is 2.86. The van der Waals surface area contributed by atoms with Crippen LogP contribution in [-0.2, 0) is 26.3 Å². The first kappa shape index (κ1) is 30.5. The van der Waals surface area contributed by atoms with Gasteiger partial charge < -0.3 is 21.1 Å². The highest BCUT2D eigenvalue weighted by molar-refractivity contribution is 7.85. The van der Waals surface area contributed by atoms with Crippen LogP contribution in [-0.4, -0.2) is 31.1 Å². The Kier molecular flexibility index (Phi) is 11.9. The first-order valence-electron chi connectivity index (χ1n) is 12.1. The van der Waals surface area contributed by atoms with E-state index in [1.807, 2.05) is 57.2 Å². The van der Waals surface area contributed by atoms with Crippen molar-refractivity contribution in [3.63, 3.8) is 0 Å². The number of rotatable bonds is 9. The number of alkyl carbamates (subject to hydrolysis) is 1. The van der Waals surface area contributed by atoms with E-state index in [4.69, 9.17) is 15.0 Å². The van der Waals surface area contributed by atoms with Gasteiger partial charge in [0, 0.05) is 0 Å². The third-order valence-corrected chi connectivity index (χ3v) is 6.11. The van der Waals surface area contributed by atoms with Crippen molar-refractivity contribution >= 4 is 22.1 Å². The number of carbonyl (C=O) groups is 2. The molecule has 10 heteroatoms. The van der Waals surface area contributed by atoms with Crippen molar-refractivity contribution in [2.75, 3.05) is 0 Å². The SMILES string of the molecule is CC(C)CC(N)NC(=O)C(NC(=O)OCc1ccccc1)c1ccccc1.Cc1ccc(S(=O)(=O)O)cc1. The average molecular weight is 542 g/mol. The second-order valence-corrected chi connectivity index (χ2v) is 10.5. The maximum Gasteiger partial charge on any atom is 0.408 e. The van der Waals surface area contributed by atoms with Crippen LogP contribution in [0.1, 0.15) is 43.0 Å². The van der Waals surface area contributed by atoms with Gasteiger partial charge in [-0.25, -0.2) is 4.79 Å². The summed E-state index contributed by atoms with van der Waals surface area (Å²) in [4.78, 5) is 24.8. The van der Waals surface area contributed by atoms with E-state index in [9.17, 15) is 18.0 Å². The van der Waals surface area contributed by atoms with E-state index in [0.29, 0.717) is 17.9 Å². The molecule has 0 saturated carbocycles. The summed E-state index contributed by atoms with van der Waals surface area (Å²) in [5.74, 6) is -0.0229. The van der Waals surface area contributed by atoms with E-state index in [1.165, 1.54) is 12.1 Å². The molecule has 0 aromatic heterocycles. The van der Waals surface area contributed by atoms with Gasteiger partial charge in [-0.05, 0) is 42.5 Å². The van der Waals surface area contributed by atoms with Gasteiger partial charge in [0.05, 0.1) is 11.1 Å². The number of hydrogen-bond donors (Lipinski definition) is 4. The zero-order chi connectivity index (χ0) is 28.1. The lowest BCUT2D eigenvalue weighted by Crippen LogP contribution is -2.48. The molecule has 38 heavy (non-hydrogen) atoms. The van der Waals surface area contributed by atoms with Crippen LogP contribution in [0.4, 0.5) is 4.79 Å². The molecular weight excluding hydrogens is 506 g/mol. The molecule has 2 amide bonds. The standard InChI is InChI=1S/C21H27N3O3.C7H8O3S/c1-15(2)13-18(22)23-20(25)19(17-11-7-4-8-12-17)24-21(26)27-14-16-9-5-3-6-10-16;1-6-2-4-7(5-3-6)11(8,9)10/h3-12,15,18-19H,13-14,22H2,1-2H3,(H,23,25)(H,24,26);2-5H,1H3,(H,8,9,10). The summed E-state index contributed by atoms with van der Waals surface area (Å²) in [6.45, 7) is 6.02. The Morgan fingerprint density at radius 3 is 1.97 bits per heavy atom. The summed E-state index contributed by atoms with van der Waals surface area (Å²) in [5.41, 5.74) is 8.46. The highest BCUT2D eigenvalue weighted by Crippen LogP contribution is 2.14. The maximum atomic E-state index is 12.7. The van der Waals surface area contributed by atoms with Crippen molar-refractivity contribution < 1.29 is 27.3 Å². The molecule has 0 spiro atoms. The monoisotopic (exact) mass is 541 g/mol. The molecule has 204 valence electrons. The second kappa shape index (κ2) is 14.9. The first-order chi connectivity index (χ1) is 18.0. The molecule has 5 N–H and O–H groups in total. The molecular formula is C28H35N3O6S. The molecule has 0 fully saturated rings. The minimum atomic E-state index is -4.02. The molecule has 0 saturated heterocycles. The minimum absolute atomic E-state index is 0.0666. The van der Waals surface area contributed by atoms with Gasteiger partial charge in [0.1, 0.15) is 12.6 Å². The summed E-state index contributed by atoms with van der Waals surface area (Å²) in [5, 5.41) is 5.39. The topological polar surface area (TPSA) is 148 Å². The highest BCUT2D eigenvalue weighted by Gasteiger charge is 2.25. The normalized spacial score (nSPS) is 12.5. The van der Waals surface area contributed by atoms with Gasteiger partial charge in [0.25, 0.3) is 10.1 Å². The number of hydrogen-bond acceptors (Lipinski definition) is 6. The second-order valence-electron chi connectivity index (χ2n) is 9.08. The summed E-state index contributed by atoms with van der Waals surface area (Å²) in [7, 11) is -4.02. The fourth-order valence-electron chi connectivity index (χ4n) is 3.37. The van der Waals surface area contributed by atoms with E-state index in [0.717, 1.165) is 11.1 Å². The fourth-order valence-corrected chi connectivity index (χ4v) is 3.85. The quantitative estimate of drug-likeness (QED) is 0.233. The lowest BCUT2D eigenvalue weighted by atomic mass is 10.1. The number of nitrogens with one attached hydrogen (secondary N) is 2. The van der Waals surface area contributed by atoms with E-state index < -0.39 is 28.4 Å². The van der Waals surface area contributed by atoms with Crippen LogP contribution in [0.15, 0.2) is 89.8 Å². The Hall–Kier alpha value is -3.73. The number of ether oxygens (including phenoxy) is 1. The van der Waals surface area contributed by atoms with Gasteiger partial charge in [0.2, 0.25) is 5.91 Å². The summed E-state index contributed by atoms with van der Waals surface area (Å²) in [6.07, 6.45) is -0.503. The van der Waals surface area contributed by atoms with Crippen LogP contribution in [0.5, 0.6) is 0 Å². The Morgan fingerprint density at radius 1 is 0.895 bits per heavy atom. The summed E-state index contributed by atoms with van der Waals surface area (Å²) < 4.78 is 34.8. The molecule has 2 atom stereocenters. The molecule has 0 bridgehead atoms. The molecule has 0 heterocycles. The van der Waals surface area contributed by atoms with Crippen LogP contribution < -0.4 is 16.4 Å². The van der Waals surface area contributed by atoms with E-state index in [-0.39, 0.29) is 17.4 Å². The van der Waals surface area contributed by atoms with Crippen molar-refractivity contribution in [3.05, 3.63) is 102 Å². The van der Waals surface area contributed by atoms with Gasteiger partial charge in [-0.3, -0.25) is 9.35 Å². The number of aryl methyl sites for hydroxylation is 1.